The second kappa shape index (κ2) is 4.07. The van der Waals surface area contributed by atoms with Gasteiger partial charge in [0.15, 0.2) is 0 Å². The Bertz CT molecular complexity index is 192. The number of hydrogen-bond donors (Lipinski definition) is 2. The number of nitrogens with one attached hydrogen (secondary N) is 1. The van der Waals surface area contributed by atoms with Crippen molar-refractivity contribution in [1.29, 1.82) is 0 Å². The second-order valence-corrected chi connectivity index (χ2v) is 4.01. The Morgan fingerprint density at radius 2 is 2.38 bits per heavy atom. The van der Waals surface area contributed by atoms with Crippen molar-refractivity contribution in [2.45, 2.75) is 25.9 Å². The van der Waals surface area contributed by atoms with Crippen molar-refractivity contribution in [3.8, 4) is 0 Å². The Hall–Kier alpha value is -0.610. The lowest BCUT2D eigenvalue weighted by molar-refractivity contribution is -0.119. The minimum Gasteiger partial charge on any atom is -0.389 e. The van der Waals surface area contributed by atoms with Crippen molar-refractivity contribution in [2.24, 2.45) is 0 Å². The Labute approximate surface area is 78.9 Å². The molecule has 1 atom stereocenters. The van der Waals surface area contributed by atoms with Crippen LogP contribution in [0.25, 0.3) is 0 Å². The van der Waals surface area contributed by atoms with E-state index in [0.717, 1.165) is 19.5 Å². The van der Waals surface area contributed by atoms with E-state index in [-0.39, 0.29) is 5.91 Å². The largest absolute Gasteiger partial charge is 0.389 e. The maximum atomic E-state index is 10.6. The van der Waals surface area contributed by atoms with Gasteiger partial charge in [0.2, 0.25) is 5.91 Å². The first kappa shape index (κ1) is 10.5. The van der Waals surface area contributed by atoms with Crippen molar-refractivity contribution >= 4 is 5.91 Å². The van der Waals surface area contributed by atoms with Gasteiger partial charge < -0.3 is 10.4 Å². The summed E-state index contributed by atoms with van der Waals surface area (Å²) in [6, 6.07) is 0. The predicted molar refractivity (Wildman–Crippen MR) is 50.4 cm³/mol. The molecule has 4 nitrogen and oxygen atoms in total. The average molecular weight is 186 g/mol. The van der Waals surface area contributed by atoms with Crippen LogP contribution >= 0.6 is 0 Å². The van der Waals surface area contributed by atoms with Crippen molar-refractivity contribution < 1.29 is 9.90 Å². The summed E-state index contributed by atoms with van der Waals surface area (Å²) < 4.78 is 0. The highest BCUT2D eigenvalue weighted by Crippen LogP contribution is 2.19. The van der Waals surface area contributed by atoms with Gasteiger partial charge in [0.1, 0.15) is 0 Å². The van der Waals surface area contributed by atoms with Crippen molar-refractivity contribution in [1.82, 2.24) is 10.2 Å². The summed E-state index contributed by atoms with van der Waals surface area (Å²) in [6.45, 7) is 6.51. The Balaban J connectivity index is 2.14. The Kier molecular flexibility index (Phi) is 3.27. The lowest BCUT2D eigenvalue weighted by atomic mass is 10.1. The molecule has 0 radical (unpaired) electrons. The van der Waals surface area contributed by atoms with Crippen LogP contribution in [0, 0.1) is 0 Å². The van der Waals surface area contributed by atoms with E-state index in [2.05, 4.69) is 10.2 Å². The number of carbonyl (C=O) groups excluding carboxylic acids is 1. The first-order chi connectivity index (χ1) is 5.99. The Morgan fingerprint density at radius 1 is 1.69 bits per heavy atom. The molecule has 1 rings (SSSR count). The molecular weight excluding hydrogens is 168 g/mol. The lowest BCUT2D eigenvalue weighted by Crippen LogP contribution is -2.35. The fraction of sp³-hybridized carbons (Fsp3) is 0.889. The van der Waals surface area contributed by atoms with Gasteiger partial charge in [-0.05, 0) is 13.3 Å². The molecule has 13 heavy (non-hydrogen) atoms. The van der Waals surface area contributed by atoms with E-state index in [1.807, 2.05) is 6.92 Å². The minimum atomic E-state index is -0.532. The average Bonchev–Trinajstić information content (AvgIpc) is 2.29. The molecule has 0 spiro atoms. The van der Waals surface area contributed by atoms with Crippen LogP contribution in [-0.2, 0) is 4.79 Å². The van der Waals surface area contributed by atoms with Crippen LogP contribution in [0.4, 0.5) is 0 Å². The number of hydrogen-bond acceptors (Lipinski definition) is 3. The van der Waals surface area contributed by atoms with Gasteiger partial charge in [-0.15, -0.1) is 0 Å². The van der Waals surface area contributed by atoms with Crippen LogP contribution in [0.2, 0.25) is 0 Å². The smallest absolute Gasteiger partial charge is 0.216 e. The minimum absolute atomic E-state index is 0.00552. The summed E-state index contributed by atoms with van der Waals surface area (Å²) in [7, 11) is 0. The van der Waals surface area contributed by atoms with Gasteiger partial charge in [0.05, 0.1) is 5.60 Å². The number of aliphatic hydroxyl groups is 1. The van der Waals surface area contributed by atoms with Gasteiger partial charge in [-0.2, -0.15) is 0 Å². The van der Waals surface area contributed by atoms with Gasteiger partial charge in [-0.3, -0.25) is 9.69 Å². The number of carbonyl (C=O) groups is 1. The zero-order chi connectivity index (χ0) is 9.90. The Morgan fingerprint density at radius 3 is 2.85 bits per heavy atom. The molecule has 2 N–H and O–H groups in total. The van der Waals surface area contributed by atoms with Crippen molar-refractivity contribution in [2.75, 3.05) is 26.2 Å². The van der Waals surface area contributed by atoms with E-state index in [1.54, 1.807) is 0 Å². The number of β-amino-alcohol motifs (C(OH)–C–C–N with tert-alkyl or cyclic N) is 1. The number of rotatable bonds is 3. The molecule has 0 aromatic carbocycles. The molecule has 0 aromatic rings. The van der Waals surface area contributed by atoms with Gasteiger partial charge in [0, 0.05) is 33.1 Å². The van der Waals surface area contributed by atoms with Crippen LogP contribution in [0.3, 0.4) is 0 Å². The molecule has 0 aromatic heterocycles. The summed E-state index contributed by atoms with van der Waals surface area (Å²) in [5, 5.41) is 12.4. The van der Waals surface area contributed by atoms with E-state index in [9.17, 15) is 9.90 Å². The molecule has 1 aliphatic rings. The third-order valence-corrected chi connectivity index (χ3v) is 2.33. The van der Waals surface area contributed by atoms with Gasteiger partial charge in [0.25, 0.3) is 0 Å². The topological polar surface area (TPSA) is 52.6 Å². The van der Waals surface area contributed by atoms with E-state index in [0.29, 0.717) is 13.1 Å². The zero-order valence-corrected chi connectivity index (χ0v) is 8.34. The summed E-state index contributed by atoms with van der Waals surface area (Å²) in [5.74, 6) is 0.00552. The number of likely N-dealkylation sites (tertiary alicyclic amines) is 1. The molecule has 0 saturated carbocycles. The van der Waals surface area contributed by atoms with Gasteiger partial charge in [-0.25, -0.2) is 0 Å². The third kappa shape index (κ3) is 3.74. The first-order valence-corrected chi connectivity index (χ1v) is 4.69. The van der Waals surface area contributed by atoms with Crippen LogP contribution < -0.4 is 5.32 Å². The molecular formula is C9H18N2O2. The zero-order valence-electron chi connectivity index (χ0n) is 8.34. The van der Waals surface area contributed by atoms with E-state index < -0.39 is 5.60 Å². The first-order valence-electron chi connectivity index (χ1n) is 4.69. The lowest BCUT2D eigenvalue weighted by Gasteiger charge is -2.18. The van der Waals surface area contributed by atoms with Gasteiger partial charge >= 0.3 is 0 Å². The second-order valence-electron chi connectivity index (χ2n) is 4.01. The molecule has 1 unspecified atom stereocenters. The van der Waals surface area contributed by atoms with Crippen LogP contribution in [0.5, 0.6) is 0 Å². The normalized spacial score (nSPS) is 29.2. The predicted octanol–water partition coefficient (Wildman–Crippen LogP) is -0.421. The fourth-order valence-corrected chi connectivity index (χ4v) is 1.62. The summed E-state index contributed by atoms with van der Waals surface area (Å²) in [5.41, 5.74) is -0.532. The van der Waals surface area contributed by atoms with Crippen molar-refractivity contribution in [3.05, 3.63) is 0 Å². The van der Waals surface area contributed by atoms with Crippen LogP contribution in [-0.4, -0.2) is 47.7 Å². The summed E-state index contributed by atoms with van der Waals surface area (Å²) >= 11 is 0. The molecule has 0 aliphatic carbocycles. The van der Waals surface area contributed by atoms with Crippen LogP contribution in [0.1, 0.15) is 20.3 Å². The molecule has 4 heteroatoms. The van der Waals surface area contributed by atoms with E-state index in [1.165, 1.54) is 6.92 Å². The van der Waals surface area contributed by atoms with E-state index >= 15 is 0 Å². The molecule has 1 fully saturated rings. The van der Waals surface area contributed by atoms with Crippen LogP contribution in [0.15, 0.2) is 0 Å². The summed E-state index contributed by atoms with van der Waals surface area (Å²) in [4.78, 5) is 12.7. The third-order valence-electron chi connectivity index (χ3n) is 2.33. The van der Waals surface area contributed by atoms with Crippen molar-refractivity contribution in [3.63, 3.8) is 0 Å². The molecule has 1 saturated heterocycles. The quantitative estimate of drug-likeness (QED) is 0.629. The monoisotopic (exact) mass is 186 g/mol. The maximum absolute atomic E-state index is 10.6. The maximum Gasteiger partial charge on any atom is 0.216 e. The highest BCUT2D eigenvalue weighted by atomic mass is 16.3. The molecule has 1 amide bonds. The fourth-order valence-electron chi connectivity index (χ4n) is 1.62. The molecule has 76 valence electrons. The molecule has 1 heterocycles. The highest BCUT2D eigenvalue weighted by molar-refractivity contribution is 5.72. The summed E-state index contributed by atoms with van der Waals surface area (Å²) in [6.07, 6.45) is 0.826. The van der Waals surface area contributed by atoms with Gasteiger partial charge in [-0.1, -0.05) is 0 Å². The number of amides is 1. The molecule has 1 aliphatic heterocycles. The standard InChI is InChI=1S/C9H18N2O2/c1-8(12)10-4-6-11-5-3-9(2,13)7-11/h13H,3-7H2,1-2H3,(H,10,12). The number of nitrogens with zero attached hydrogens (tertiary/aromatic N) is 1. The highest BCUT2D eigenvalue weighted by Gasteiger charge is 2.30. The SMILES string of the molecule is CC(=O)NCCN1CCC(C)(O)C1. The molecule has 0 bridgehead atoms. The van der Waals surface area contributed by atoms with E-state index in [4.69, 9.17) is 0 Å².